The lowest BCUT2D eigenvalue weighted by Gasteiger charge is -2.16. The number of hydrogen-bond acceptors (Lipinski definition) is 3. The predicted octanol–water partition coefficient (Wildman–Crippen LogP) is 2.33. The molecule has 0 radical (unpaired) electrons. The summed E-state index contributed by atoms with van der Waals surface area (Å²) < 4.78 is 1.97. The fourth-order valence-electron chi connectivity index (χ4n) is 2.07. The molecule has 1 aromatic rings. The molecule has 0 aliphatic heterocycles. The molecular formula is C12H23N3O. The molecule has 0 aromatic carbocycles. The van der Waals surface area contributed by atoms with Crippen LogP contribution >= 0.6 is 0 Å². The van der Waals surface area contributed by atoms with E-state index in [0.29, 0.717) is 11.8 Å². The highest BCUT2D eigenvalue weighted by atomic mass is 16.3. The van der Waals surface area contributed by atoms with E-state index in [4.69, 9.17) is 0 Å². The van der Waals surface area contributed by atoms with Crippen molar-refractivity contribution >= 4 is 0 Å². The molecule has 0 unspecified atom stereocenters. The summed E-state index contributed by atoms with van der Waals surface area (Å²) in [4.78, 5) is 0. The molecule has 1 heterocycles. The third-order valence-electron chi connectivity index (χ3n) is 2.91. The van der Waals surface area contributed by atoms with E-state index < -0.39 is 0 Å². The highest BCUT2D eigenvalue weighted by Gasteiger charge is 2.19. The molecule has 4 nitrogen and oxygen atoms in total. The Hall–Kier alpha value is -0.900. The predicted molar refractivity (Wildman–Crippen MR) is 64.1 cm³/mol. The monoisotopic (exact) mass is 225 g/mol. The summed E-state index contributed by atoms with van der Waals surface area (Å²) in [6, 6.07) is 0. The first-order valence-electron chi connectivity index (χ1n) is 6.17. The van der Waals surface area contributed by atoms with Crippen LogP contribution in [-0.2, 0) is 13.2 Å². The third kappa shape index (κ3) is 2.82. The first-order valence-corrected chi connectivity index (χ1v) is 6.17. The third-order valence-corrected chi connectivity index (χ3v) is 2.91. The number of hydrogen-bond donors (Lipinski definition) is 1. The van der Waals surface area contributed by atoms with Crippen molar-refractivity contribution in [3.63, 3.8) is 0 Å². The average molecular weight is 225 g/mol. The van der Waals surface area contributed by atoms with Crippen molar-refractivity contribution in [2.24, 2.45) is 5.92 Å². The van der Waals surface area contributed by atoms with Crippen molar-refractivity contribution in [3.8, 4) is 0 Å². The van der Waals surface area contributed by atoms with Gasteiger partial charge in [0.1, 0.15) is 5.69 Å². The largest absolute Gasteiger partial charge is 0.390 e. The molecule has 0 amide bonds. The summed E-state index contributed by atoms with van der Waals surface area (Å²) in [7, 11) is 0. The first-order chi connectivity index (χ1) is 7.63. The van der Waals surface area contributed by atoms with Crippen LogP contribution in [0.1, 0.15) is 57.8 Å². The SMILES string of the molecule is CCC(CC)c1c(CO)nnn1CC(C)C. The number of aliphatic hydroxyl groups is 1. The number of rotatable bonds is 6. The molecule has 0 aliphatic carbocycles. The summed E-state index contributed by atoms with van der Waals surface area (Å²) >= 11 is 0. The summed E-state index contributed by atoms with van der Waals surface area (Å²) in [5, 5.41) is 17.5. The minimum atomic E-state index is -0.00999. The van der Waals surface area contributed by atoms with E-state index >= 15 is 0 Å². The topological polar surface area (TPSA) is 50.9 Å². The Balaban J connectivity index is 3.04. The van der Waals surface area contributed by atoms with Crippen molar-refractivity contribution in [2.75, 3.05) is 0 Å². The van der Waals surface area contributed by atoms with Crippen LogP contribution in [-0.4, -0.2) is 20.1 Å². The lowest BCUT2D eigenvalue weighted by atomic mass is 9.97. The van der Waals surface area contributed by atoms with E-state index in [1.54, 1.807) is 0 Å². The second-order valence-corrected chi connectivity index (χ2v) is 4.67. The highest BCUT2D eigenvalue weighted by molar-refractivity contribution is 5.14. The lowest BCUT2D eigenvalue weighted by Crippen LogP contribution is -2.13. The molecule has 0 spiro atoms. The van der Waals surface area contributed by atoms with Gasteiger partial charge in [0.2, 0.25) is 0 Å². The van der Waals surface area contributed by atoms with Gasteiger partial charge in [0.05, 0.1) is 12.3 Å². The molecule has 1 rings (SSSR count). The molecule has 0 aliphatic rings. The van der Waals surface area contributed by atoms with Crippen LogP contribution in [0.4, 0.5) is 0 Å². The van der Waals surface area contributed by atoms with Crippen LogP contribution < -0.4 is 0 Å². The van der Waals surface area contributed by atoms with Crippen molar-refractivity contribution in [3.05, 3.63) is 11.4 Å². The molecule has 0 bridgehead atoms. The normalized spacial score (nSPS) is 11.7. The molecule has 92 valence electrons. The molecular weight excluding hydrogens is 202 g/mol. The molecule has 1 aromatic heterocycles. The van der Waals surface area contributed by atoms with E-state index in [2.05, 4.69) is 38.0 Å². The Bertz CT molecular complexity index is 316. The van der Waals surface area contributed by atoms with E-state index in [1.165, 1.54) is 0 Å². The highest BCUT2D eigenvalue weighted by Crippen LogP contribution is 2.25. The van der Waals surface area contributed by atoms with Crippen LogP contribution in [0.15, 0.2) is 0 Å². The molecule has 0 atom stereocenters. The Labute approximate surface area is 97.7 Å². The maximum Gasteiger partial charge on any atom is 0.112 e. The van der Waals surface area contributed by atoms with Crippen LogP contribution in [0.3, 0.4) is 0 Å². The quantitative estimate of drug-likeness (QED) is 0.808. The van der Waals surface area contributed by atoms with Gasteiger partial charge in [-0.15, -0.1) is 5.10 Å². The zero-order valence-corrected chi connectivity index (χ0v) is 10.8. The van der Waals surface area contributed by atoms with Crippen molar-refractivity contribution in [1.29, 1.82) is 0 Å². The van der Waals surface area contributed by atoms with Crippen molar-refractivity contribution < 1.29 is 5.11 Å². The second-order valence-electron chi connectivity index (χ2n) is 4.67. The fourth-order valence-corrected chi connectivity index (χ4v) is 2.07. The van der Waals surface area contributed by atoms with Gasteiger partial charge in [-0.3, -0.25) is 0 Å². The summed E-state index contributed by atoms with van der Waals surface area (Å²) in [5.74, 6) is 0.997. The van der Waals surface area contributed by atoms with Gasteiger partial charge in [0.25, 0.3) is 0 Å². The maximum absolute atomic E-state index is 9.29. The molecule has 0 fully saturated rings. The Kier molecular flexibility index (Phi) is 4.93. The molecule has 0 saturated carbocycles. The van der Waals surface area contributed by atoms with Gasteiger partial charge in [-0.25, -0.2) is 4.68 Å². The fraction of sp³-hybridized carbons (Fsp3) is 0.833. The Morgan fingerprint density at radius 1 is 1.25 bits per heavy atom. The molecule has 16 heavy (non-hydrogen) atoms. The average Bonchev–Trinajstić information content (AvgIpc) is 2.63. The minimum Gasteiger partial charge on any atom is -0.390 e. The van der Waals surface area contributed by atoms with Crippen LogP contribution in [0.25, 0.3) is 0 Å². The summed E-state index contributed by atoms with van der Waals surface area (Å²) in [5.41, 5.74) is 1.87. The smallest absolute Gasteiger partial charge is 0.112 e. The molecule has 1 N–H and O–H groups in total. The maximum atomic E-state index is 9.29. The lowest BCUT2D eigenvalue weighted by molar-refractivity contribution is 0.274. The van der Waals surface area contributed by atoms with Crippen LogP contribution in [0.2, 0.25) is 0 Å². The summed E-state index contributed by atoms with van der Waals surface area (Å²) in [6.07, 6.45) is 2.13. The summed E-state index contributed by atoms with van der Waals surface area (Å²) in [6.45, 7) is 9.53. The van der Waals surface area contributed by atoms with Crippen LogP contribution in [0, 0.1) is 5.92 Å². The zero-order chi connectivity index (χ0) is 12.1. The second kappa shape index (κ2) is 5.99. The van der Waals surface area contributed by atoms with Gasteiger partial charge in [0.15, 0.2) is 0 Å². The van der Waals surface area contributed by atoms with Crippen LogP contribution in [0.5, 0.6) is 0 Å². The number of nitrogens with zero attached hydrogens (tertiary/aromatic N) is 3. The van der Waals surface area contributed by atoms with Gasteiger partial charge >= 0.3 is 0 Å². The number of aliphatic hydroxyl groups excluding tert-OH is 1. The van der Waals surface area contributed by atoms with Gasteiger partial charge in [-0.2, -0.15) is 0 Å². The number of aromatic nitrogens is 3. The van der Waals surface area contributed by atoms with E-state index in [-0.39, 0.29) is 6.61 Å². The van der Waals surface area contributed by atoms with Crippen molar-refractivity contribution in [2.45, 2.75) is 59.6 Å². The molecule has 4 heteroatoms. The van der Waals surface area contributed by atoms with Crippen molar-refractivity contribution in [1.82, 2.24) is 15.0 Å². The first kappa shape index (κ1) is 13.2. The van der Waals surface area contributed by atoms with E-state index in [9.17, 15) is 5.11 Å². The minimum absolute atomic E-state index is 0.00999. The van der Waals surface area contributed by atoms with Gasteiger partial charge in [-0.05, 0) is 18.8 Å². The van der Waals surface area contributed by atoms with Gasteiger partial charge < -0.3 is 5.11 Å². The molecule has 0 saturated heterocycles. The van der Waals surface area contributed by atoms with E-state index in [1.807, 2.05) is 4.68 Å². The Morgan fingerprint density at radius 2 is 1.88 bits per heavy atom. The zero-order valence-electron chi connectivity index (χ0n) is 10.8. The Morgan fingerprint density at radius 3 is 2.31 bits per heavy atom. The van der Waals surface area contributed by atoms with E-state index in [0.717, 1.165) is 30.8 Å². The van der Waals surface area contributed by atoms with Gasteiger partial charge in [-0.1, -0.05) is 32.9 Å². The standard InChI is InChI=1S/C12H23N3O/c1-5-10(6-2)12-11(8-16)13-14-15(12)7-9(3)4/h9-10,16H,5-8H2,1-4H3. The van der Waals surface area contributed by atoms with Gasteiger partial charge in [0, 0.05) is 12.5 Å².